The van der Waals surface area contributed by atoms with Gasteiger partial charge in [0.1, 0.15) is 0 Å². The average molecular weight is 207 g/mol. The quantitative estimate of drug-likeness (QED) is 0.753. The fourth-order valence-electron chi connectivity index (χ4n) is 2.09. The van der Waals surface area contributed by atoms with Gasteiger partial charge in [-0.25, -0.2) is 0 Å². The van der Waals surface area contributed by atoms with E-state index in [1.54, 1.807) is 12.4 Å². The molecule has 0 amide bonds. The number of Topliss-reactive ketones (excluding diaryl/α,β-unsaturated/α-hetero) is 1. The monoisotopic (exact) mass is 207 g/mol. The third-order valence-electron chi connectivity index (χ3n) is 2.99. The maximum atomic E-state index is 11.7. The molecule has 1 aliphatic rings. The highest BCUT2D eigenvalue weighted by atomic mass is 16.5. The van der Waals surface area contributed by atoms with Crippen molar-refractivity contribution in [2.24, 2.45) is 5.92 Å². The Hall–Kier alpha value is -1.09. The Morgan fingerprint density at radius 2 is 2.40 bits per heavy atom. The first-order chi connectivity index (χ1) is 7.29. The van der Waals surface area contributed by atoms with Gasteiger partial charge in [0.05, 0.1) is 6.10 Å². The van der Waals surface area contributed by atoms with Gasteiger partial charge in [0.25, 0.3) is 0 Å². The van der Waals surface area contributed by atoms with E-state index in [-0.39, 0.29) is 5.78 Å². The van der Waals surface area contributed by atoms with E-state index >= 15 is 0 Å². The van der Waals surface area contributed by atoms with Crippen molar-refractivity contribution in [2.75, 3.05) is 6.61 Å². The summed E-state index contributed by atoms with van der Waals surface area (Å²) >= 11 is 0. The predicted molar refractivity (Wildman–Crippen MR) is 57.9 cm³/mol. The van der Waals surface area contributed by atoms with Crippen molar-refractivity contribution < 1.29 is 9.53 Å². The molecular formula is C12H17NO2. The predicted octanol–water partition coefficient (Wildman–Crippen LogP) is 2.40. The van der Waals surface area contributed by atoms with Gasteiger partial charge in [-0.05, 0) is 31.7 Å². The smallest absolute Gasteiger partial charge is 0.164 e. The second-order valence-corrected chi connectivity index (χ2v) is 4.14. The van der Waals surface area contributed by atoms with E-state index in [2.05, 4.69) is 4.98 Å². The number of ether oxygens (including phenoxy) is 1. The Kier molecular flexibility index (Phi) is 3.21. The van der Waals surface area contributed by atoms with Crippen LogP contribution >= 0.6 is 0 Å². The molecule has 1 aliphatic carbocycles. The first-order valence-corrected chi connectivity index (χ1v) is 5.57. The summed E-state index contributed by atoms with van der Waals surface area (Å²) in [5, 5.41) is 0. The molecule has 1 aromatic rings. The lowest BCUT2D eigenvalue weighted by molar-refractivity contribution is -0.0246. The summed E-state index contributed by atoms with van der Waals surface area (Å²) in [6.07, 6.45) is 6.71. The van der Waals surface area contributed by atoms with E-state index < -0.39 is 0 Å². The fraction of sp³-hybridized carbons (Fsp3) is 0.583. The summed E-state index contributed by atoms with van der Waals surface area (Å²) in [6, 6.07) is 1.83. The highest BCUT2D eigenvalue weighted by Gasteiger charge is 2.31. The summed E-state index contributed by atoms with van der Waals surface area (Å²) in [6.45, 7) is 2.79. The zero-order chi connectivity index (χ0) is 10.7. The van der Waals surface area contributed by atoms with E-state index in [9.17, 15) is 4.79 Å². The number of H-pyrrole nitrogens is 1. The summed E-state index contributed by atoms with van der Waals surface area (Å²) < 4.78 is 5.46. The maximum Gasteiger partial charge on any atom is 0.164 e. The van der Waals surface area contributed by atoms with Gasteiger partial charge in [0.2, 0.25) is 0 Å². The Labute approximate surface area is 89.8 Å². The van der Waals surface area contributed by atoms with E-state index in [4.69, 9.17) is 4.74 Å². The van der Waals surface area contributed by atoms with Crippen molar-refractivity contribution in [1.82, 2.24) is 4.98 Å². The van der Waals surface area contributed by atoms with Crippen molar-refractivity contribution in [3.8, 4) is 0 Å². The number of aromatic amines is 1. The van der Waals surface area contributed by atoms with Gasteiger partial charge in [0, 0.05) is 31.0 Å². The topological polar surface area (TPSA) is 42.1 Å². The number of hydrogen-bond acceptors (Lipinski definition) is 2. The molecule has 82 valence electrons. The molecule has 1 fully saturated rings. The third kappa shape index (κ3) is 2.48. The largest absolute Gasteiger partial charge is 0.378 e. The zero-order valence-electron chi connectivity index (χ0n) is 9.03. The molecule has 0 radical (unpaired) electrons. The molecule has 2 rings (SSSR count). The standard InChI is InChI=1S/C12H17NO2/c1-2-15-11-5-9(6-11)7-12(14)10-3-4-13-8-10/h3-4,8-9,11,13H,2,5-7H2,1H3. The summed E-state index contributed by atoms with van der Waals surface area (Å²) in [7, 11) is 0. The van der Waals surface area contributed by atoms with Crippen LogP contribution in [0.15, 0.2) is 18.5 Å². The molecular weight excluding hydrogens is 190 g/mol. The van der Waals surface area contributed by atoms with Gasteiger partial charge in [0.15, 0.2) is 5.78 Å². The fourth-order valence-corrected chi connectivity index (χ4v) is 2.09. The second-order valence-electron chi connectivity index (χ2n) is 4.14. The molecule has 3 heteroatoms. The Morgan fingerprint density at radius 1 is 1.60 bits per heavy atom. The average Bonchev–Trinajstić information content (AvgIpc) is 2.67. The summed E-state index contributed by atoms with van der Waals surface area (Å²) in [5.74, 6) is 0.778. The molecule has 1 saturated carbocycles. The minimum atomic E-state index is 0.246. The summed E-state index contributed by atoms with van der Waals surface area (Å²) in [4.78, 5) is 14.6. The van der Waals surface area contributed by atoms with Crippen LogP contribution in [0.25, 0.3) is 0 Å². The highest BCUT2D eigenvalue weighted by molar-refractivity contribution is 5.96. The van der Waals surface area contributed by atoms with Gasteiger partial charge in [-0.3, -0.25) is 4.79 Å². The molecule has 3 nitrogen and oxygen atoms in total. The molecule has 0 atom stereocenters. The number of ketones is 1. The number of aromatic nitrogens is 1. The SMILES string of the molecule is CCOC1CC(CC(=O)c2cc[nH]c2)C1. The van der Waals surface area contributed by atoms with E-state index in [0.29, 0.717) is 18.4 Å². The normalized spacial score (nSPS) is 24.9. The van der Waals surface area contributed by atoms with E-state index in [1.165, 1.54) is 0 Å². The van der Waals surface area contributed by atoms with Crippen LogP contribution in [-0.2, 0) is 4.74 Å². The van der Waals surface area contributed by atoms with Crippen molar-refractivity contribution in [1.29, 1.82) is 0 Å². The molecule has 1 aromatic heterocycles. The van der Waals surface area contributed by atoms with Crippen LogP contribution < -0.4 is 0 Å². The lowest BCUT2D eigenvalue weighted by Gasteiger charge is -2.34. The lowest BCUT2D eigenvalue weighted by Crippen LogP contribution is -2.32. The van der Waals surface area contributed by atoms with Gasteiger partial charge >= 0.3 is 0 Å². The zero-order valence-corrected chi connectivity index (χ0v) is 9.03. The van der Waals surface area contributed by atoms with Crippen LogP contribution in [0.4, 0.5) is 0 Å². The molecule has 0 spiro atoms. The highest BCUT2D eigenvalue weighted by Crippen LogP contribution is 2.33. The molecule has 1 N–H and O–H groups in total. The lowest BCUT2D eigenvalue weighted by atomic mass is 9.78. The minimum Gasteiger partial charge on any atom is -0.378 e. The molecule has 1 heterocycles. The third-order valence-corrected chi connectivity index (χ3v) is 2.99. The number of nitrogens with one attached hydrogen (secondary N) is 1. The Morgan fingerprint density at radius 3 is 3.00 bits per heavy atom. The number of carbonyl (C=O) groups is 1. The molecule has 0 aliphatic heterocycles. The number of carbonyl (C=O) groups excluding carboxylic acids is 1. The molecule has 0 saturated heterocycles. The number of rotatable bonds is 5. The molecule has 0 unspecified atom stereocenters. The van der Waals surface area contributed by atoms with Gasteiger partial charge in [-0.1, -0.05) is 0 Å². The van der Waals surface area contributed by atoms with Crippen LogP contribution in [-0.4, -0.2) is 23.5 Å². The minimum absolute atomic E-state index is 0.246. The van der Waals surface area contributed by atoms with Crippen molar-refractivity contribution in [3.05, 3.63) is 24.0 Å². The first kappa shape index (κ1) is 10.4. The van der Waals surface area contributed by atoms with Crippen LogP contribution in [0.5, 0.6) is 0 Å². The Bertz CT molecular complexity index is 312. The molecule has 15 heavy (non-hydrogen) atoms. The van der Waals surface area contributed by atoms with Crippen molar-refractivity contribution in [3.63, 3.8) is 0 Å². The van der Waals surface area contributed by atoms with Crippen LogP contribution in [0, 0.1) is 5.92 Å². The van der Waals surface area contributed by atoms with E-state index in [1.807, 2.05) is 13.0 Å². The van der Waals surface area contributed by atoms with Crippen molar-refractivity contribution >= 4 is 5.78 Å². The van der Waals surface area contributed by atoms with Gasteiger partial charge in [-0.2, -0.15) is 0 Å². The summed E-state index contributed by atoms with van der Waals surface area (Å²) in [5.41, 5.74) is 0.801. The molecule has 0 aromatic carbocycles. The maximum absolute atomic E-state index is 11.7. The van der Waals surface area contributed by atoms with Crippen molar-refractivity contribution in [2.45, 2.75) is 32.3 Å². The molecule has 0 bridgehead atoms. The second kappa shape index (κ2) is 4.62. The van der Waals surface area contributed by atoms with Gasteiger partial charge < -0.3 is 9.72 Å². The number of hydrogen-bond donors (Lipinski definition) is 1. The Balaban J connectivity index is 1.74. The van der Waals surface area contributed by atoms with E-state index in [0.717, 1.165) is 25.0 Å². The first-order valence-electron chi connectivity index (χ1n) is 5.57. The van der Waals surface area contributed by atoms with Crippen LogP contribution in [0.3, 0.4) is 0 Å². The van der Waals surface area contributed by atoms with Crippen LogP contribution in [0.2, 0.25) is 0 Å². The van der Waals surface area contributed by atoms with Gasteiger partial charge in [-0.15, -0.1) is 0 Å². The van der Waals surface area contributed by atoms with Crippen LogP contribution in [0.1, 0.15) is 36.5 Å².